The molecule has 18 heavy (non-hydrogen) atoms. The van der Waals surface area contributed by atoms with E-state index in [4.69, 9.17) is 0 Å². The summed E-state index contributed by atoms with van der Waals surface area (Å²) in [4.78, 5) is 4.05. The second kappa shape index (κ2) is 6.26. The van der Waals surface area contributed by atoms with Crippen LogP contribution in [-0.4, -0.2) is 21.7 Å². The van der Waals surface area contributed by atoms with E-state index in [9.17, 15) is 4.39 Å². The highest BCUT2D eigenvalue weighted by Gasteiger charge is 2.08. The lowest BCUT2D eigenvalue weighted by Crippen LogP contribution is -2.21. The fraction of sp³-hybridized carbons (Fsp3) is 0.385. The third-order valence-electron chi connectivity index (χ3n) is 2.88. The van der Waals surface area contributed by atoms with E-state index in [0.717, 1.165) is 25.2 Å². The van der Waals surface area contributed by atoms with Gasteiger partial charge in [-0.1, -0.05) is 18.2 Å². The summed E-state index contributed by atoms with van der Waals surface area (Å²) < 4.78 is 13.5. The van der Waals surface area contributed by atoms with Crippen LogP contribution < -0.4 is 5.32 Å². The molecule has 0 aliphatic carbocycles. The van der Waals surface area contributed by atoms with Gasteiger partial charge in [-0.3, -0.25) is 5.10 Å². The molecule has 4 nitrogen and oxygen atoms in total. The highest BCUT2D eigenvalue weighted by atomic mass is 19.1. The van der Waals surface area contributed by atoms with Gasteiger partial charge in [-0.05, 0) is 26.0 Å². The summed E-state index contributed by atoms with van der Waals surface area (Å²) in [5, 5.41) is 9.91. The van der Waals surface area contributed by atoms with Gasteiger partial charge >= 0.3 is 0 Å². The zero-order chi connectivity index (χ0) is 12.8. The lowest BCUT2D eigenvalue weighted by molar-refractivity contribution is 0.519. The minimum atomic E-state index is -0.160. The van der Waals surface area contributed by atoms with Gasteiger partial charge in [0.25, 0.3) is 0 Å². The Morgan fingerprint density at radius 2 is 2.22 bits per heavy atom. The van der Waals surface area contributed by atoms with E-state index in [1.54, 1.807) is 6.07 Å². The average Bonchev–Trinajstić information content (AvgIpc) is 2.88. The molecular weight excluding hydrogens is 231 g/mol. The van der Waals surface area contributed by atoms with Crippen LogP contribution in [0.3, 0.4) is 0 Å². The first-order valence-corrected chi connectivity index (χ1v) is 6.09. The largest absolute Gasteiger partial charge is 0.310 e. The first-order valence-electron chi connectivity index (χ1n) is 6.09. The van der Waals surface area contributed by atoms with Gasteiger partial charge in [0.15, 0.2) is 0 Å². The van der Waals surface area contributed by atoms with E-state index < -0.39 is 0 Å². The summed E-state index contributed by atoms with van der Waals surface area (Å²) in [6.45, 7) is 2.78. The molecule has 1 atom stereocenters. The number of benzene rings is 1. The van der Waals surface area contributed by atoms with Crippen LogP contribution in [0.2, 0.25) is 0 Å². The van der Waals surface area contributed by atoms with E-state index >= 15 is 0 Å². The molecule has 0 spiro atoms. The van der Waals surface area contributed by atoms with Crippen molar-refractivity contribution in [2.75, 3.05) is 6.54 Å². The van der Waals surface area contributed by atoms with Gasteiger partial charge in [0, 0.05) is 18.0 Å². The summed E-state index contributed by atoms with van der Waals surface area (Å²) >= 11 is 0. The van der Waals surface area contributed by atoms with Crippen molar-refractivity contribution < 1.29 is 4.39 Å². The van der Waals surface area contributed by atoms with Crippen molar-refractivity contribution in [3.8, 4) is 0 Å². The topological polar surface area (TPSA) is 53.6 Å². The number of rotatable bonds is 6. The molecule has 96 valence electrons. The lowest BCUT2D eigenvalue weighted by atomic mass is 10.1. The quantitative estimate of drug-likeness (QED) is 0.771. The van der Waals surface area contributed by atoms with Crippen LogP contribution in [0.1, 0.15) is 30.8 Å². The molecule has 0 aliphatic rings. The molecule has 0 amide bonds. The zero-order valence-corrected chi connectivity index (χ0v) is 10.4. The van der Waals surface area contributed by atoms with Crippen molar-refractivity contribution in [2.45, 2.75) is 25.8 Å². The Morgan fingerprint density at radius 3 is 2.94 bits per heavy atom. The zero-order valence-electron chi connectivity index (χ0n) is 10.4. The Morgan fingerprint density at radius 1 is 1.39 bits per heavy atom. The van der Waals surface area contributed by atoms with Gasteiger partial charge in [-0.2, -0.15) is 5.10 Å². The van der Waals surface area contributed by atoms with Crippen LogP contribution >= 0.6 is 0 Å². The average molecular weight is 248 g/mol. The van der Waals surface area contributed by atoms with Crippen molar-refractivity contribution in [2.24, 2.45) is 0 Å². The Balaban J connectivity index is 1.75. The predicted octanol–water partition coefficient (Wildman–Crippen LogP) is 2.23. The van der Waals surface area contributed by atoms with E-state index in [2.05, 4.69) is 20.5 Å². The van der Waals surface area contributed by atoms with Crippen LogP contribution in [0, 0.1) is 5.82 Å². The molecule has 2 rings (SSSR count). The number of aryl methyl sites for hydroxylation is 1. The van der Waals surface area contributed by atoms with Crippen LogP contribution in [0.25, 0.3) is 0 Å². The number of H-pyrrole nitrogens is 1. The molecule has 0 radical (unpaired) electrons. The Kier molecular flexibility index (Phi) is 4.41. The number of nitrogens with zero attached hydrogens (tertiary/aromatic N) is 2. The number of hydrogen-bond donors (Lipinski definition) is 2. The lowest BCUT2D eigenvalue weighted by Gasteiger charge is -2.14. The molecular formula is C13H17FN4. The smallest absolute Gasteiger partial charge is 0.137 e. The third kappa shape index (κ3) is 3.37. The van der Waals surface area contributed by atoms with E-state index in [1.165, 1.54) is 12.4 Å². The summed E-state index contributed by atoms with van der Waals surface area (Å²) in [7, 11) is 0. The van der Waals surface area contributed by atoms with E-state index in [-0.39, 0.29) is 11.9 Å². The Bertz CT molecular complexity index is 470. The molecule has 0 fully saturated rings. The summed E-state index contributed by atoms with van der Waals surface area (Å²) in [5.41, 5.74) is 0.706. The van der Waals surface area contributed by atoms with Gasteiger partial charge in [-0.15, -0.1) is 0 Å². The molecule has 2 aromatic rings. The van der Waals surface area contributed by atoms with Gasteiger partial charge in [0.05, 0.1) is 0 Å². The van der Waals surface area contributed by atoms with Crippen molar-refractivity contribution >= 4 is 0 Å². The minimum absolute atomic E-state index is 0.0147. The van der Waals surface area contributed by atoms with Crippen molar-refractivity contribution in [3.05, 3.63) is 47.8 Å². The molecule has 0 saturated carbocycles. The molecule has 1 aromatic heterocycles. The number of hydrogen-bond acceptors (Lipinski definition) is 3. The van der Waals surface area contributed by atoms with E-state index in [0.29, 0.717) is 5.56 Å². The molecule has 0 bridgehead atoms. The summed E-state index contributed by atoms with van der Waals surface area (Å²) in [6, 6.07) is 6.87. The molecule has 0 aliphatic heterocycles. The van der Waals surface area contributed by atoms with Crippen molar-refractivity contribution in [3.63, 3.8) is 0 Å². The van der Waals surface area contributed by atoms with Gasteiger partial charge in [-0.25, -0.2) is 9.37 Å². The highest BCUT2D eigenvalue weighted by Crippen LogP contribution is 2.15. The van der Waals surface area contributed by atoms with Crippen LogP contribution in [0.15, 0.2) is 30.6 Å². The van der Waals surface area contributed by atoms with Gasteiger partial charge in [0.1, 0.15) is 18.0 Å². The highest BCUT2D eigenvalue weighted by molar-refractivity contribution is 5.20. The molecule has 5 heteroatoms. The van der Waals surface area contributed by atoms with Gasteiger partial charge in [0.2, 0.25) is 0 Å². The molecule has 0 saturated heterocycles. The number of aromatic amines is 1. The molecule has 1 heterocycles. The van der Waals surface area contributed by atoms with Crippen LogP contribution in [0.4, 0.5) is 4.39 Å². The number of aromatic nitrogens is 3. The van der Waals surface area contributed by atoms with Crippen LogP contribution in [0.5, 0.6) is 0 Å². The molecule has 1 unspecified atom stereocenters. The predicted molar refractivity (Wildman–Crippen MR) is 67.5 cm³/mol. The summed E-state index contributed by atoms with van der Waals surface area (Å²) in [6.07, 6.45) is 3.29. The first kappa shape index (κ1) is 12.7. The van der Waals surface area contributed by atoms with Crippen molar-refractivity contribution in [1.29, 1.82) is 0 Å². The molecule has 2 N–H and O–H groups in total. The Hall–Kier alpha value is -1.75. The normalized spacial score (nSPS) is 12.6. The maximum Gasteiger partial charge on any atom is 0.137 e. The second-order valence-electron chi connectivity index (χ2n) is 4.23. The van der Waals surface area contributed by atoms with Gasteiger partial charge < -0.3 is 5.32 Å². The standard InChI is InChI=1S/C13H17FN4/c1-10(11-5-2-3-6-12(11)14)15-8-4-7-13-16-9-17-18-13/h2-3,5-6,9-10,15H,4,7-8H2,1H3,(H,16,17,18). The third-order valence-corrected chi connectivity index (χ3v) is 2.88. The maximum atomic E-state index is 13.5. The fourth-order valence-corrected chi connectivity index (χ4v) is 1.86. The minimum Gasteiger partial charge on any atom is -0.310 e. The monoisotopic (exact) mass is 248 g/mol. The summed E-state index contributed by atoms with van der Waals surface area (Å²) in [5.74, 6) is 0.725. The first-order chi connectivity index (χ1) is 8.77. The Labute approximate surface area is 106 Å². The second-order valence-corrected chi connectivity index (χ2v) is 4.23. The van der Waals surface area contributed by atoms with E-state index in [1.807, 2.05) is 19.1 Å². The SMILES string of the molecule is CC(NCCCc1ncn[nH]1)c1ccccc1F. The number of halogens is 1. The fourth-order valence-electron chi connectivity index (χ4n) is 1.86. The maximum absolute atomic E-state index is 13.5. The number of nitrogens with one attached hydrogen (secondary N) is 2. The van der Waals surface area contributed by atoms with Crippen LogP contribution in [-0.2, 0) is 6.42 Å². The van der Waals surface area contributed by atoms with Crippen molar-refractivity contribution in [1.82, 2.24) is 20.5 Å². The molecule has 1 aromatic carbocycles.